The molecule has 2 fully saturated rings. The lowest BCUT2D eigenvalue weighted by Crippen LogP contribution is -2.57. The number of likely N-dealkylation sites (tertiary alicyclic amines) is 1. The Labute approximate surface area is 178 Å². The Morgan fingerprint density at radius 3 is 2.57 bits per heavy atom. The van der Waals surface area contributed by atoms with E-state index >= 15 is 0 Å². The molecule has 1 saturated heterocycles. The van der Waals surface area contributed by atoms with Crippen molar-refractivity contribution in [3.8, 4) is 5.75 Å². The number of carbonyl (C=O) groups is 1. The molecule has 1 aliphatic heterocycles. The third kappa shape index (κ3) is 4.37. The van der Waals surface area contributed by atoms with Gasteiger partial charge in [0.05, 0.1) is 12.2 Å². The van der Waals surface area contributed by atoms with Crippen LogP contribution in [0, 0.1) is 5.92 Å². The number of primary amides is 1. The topological polar surface area (TPSA) is 75.8 Å². The molecule has 1 amide bonds. The SMILES string of the molecule is NC(=O)c1ccc(OCCCN2CC[C@@](O)(c3ccccc3)[C@H]3CCCC[C@H]32)cc1. The Balaban J connectivity index is 1.33. The van der Waals surface area contributed by atoms with Crippen LogP contribution in [0.4, 0.5) is 0 Å². The number of hydrogen-bond acceptors (Lipinski definition) is 4. The summed E-state index contributed by atoms with van der Waals surface area (Å²) in [4.78, 5) is 13.7. The number of nitrogens with zero attached hydrogens (tertiary/aromatic N) is 1. The van der Waals surface area contributed by atoms with Crippen LogP contribution in [0.1, 0.15) is 54.4 Å². The van der Waals surface area contributed by atoms with Gasteiger partial charge in [0.1, 0.15) is 5.75 Å². The molecule has 2 aromatic carbocycles. The first-order chi connectivity index (χ1) is 14.6. The Hall–Kier alpha value is -2.37. The largest absolute Gasteiger partial charge is 0.494 e. The molecule has 160 valence electrons. The summed E-state index contributed by atoms with van der Waals surface area (Å²) in [5.74, 6) is 0.626. The molecule has 30 heavy (non-hydrogen) atoms. The van der Waals surface area contributed by atoms with Crippen LogP contribution >= 0.6 is 0 Å². The molecule has 5 heteroatoms. The van der Waals surface area contributed by atoms with E-state index in [1.807, 2.05) is 18.2 Å². The molecule has 1 aliphatic carbocycles. The Morgan fingerprint density at radius 2 is 1.83 bits per heavy atom. The monoisotopic (exact) mass is 408 g/mol. The first-order valence-electron chi connectivity index (χ1n) is 11.1. The molecule has 1 heterocycles. The van der Waals surface area contributed by atoms with E-state index in [9.17, 15) is 9.90 Å². The lowest BCUT2D eigenvalue weighted by atomic mass is 9.66. The van der Waals surface area contributed by atoms with Gasteiger partial charge in [0.15, 0.2) is 0 Å². The van der Waals surface area contributed by atoms with Gasteiger partial charge in [-0.05, 0) is 55.5 Å². The van der Waals surface area contributed by atoms with E-state index in [1.54, 1.807) is 24.3 Å². The van der Waals surface area contributed by atoms with E-state index in [-0.39, 0.29) is 0 Å². The van der Waals surface area contributed by atoms with Crippen molar-refractivity contribution < 1.29 is 14.6 Å². The molecular formula is C25H32N2O3. The van der Waals surface area contributed by atoms with Crippen LogP contribution in [0.15, 0.2) is 54.6 Å². The van der Waals surface area contributed by atoms with Crippen LogP contribution in [0.25, 0.3) is 0 Å². The predicted molar refractivity (Wildman–Crippen MR) is 117 cm³/mol. The van der Waals surface area contributed by atoms with Gasteiger partial charge < -0.3 is 15.6 Å². The summed E-state index contributed by atoms with van der Waals surface area (Å²) in [6, 6.07) is 17.6. The number of aliphatic hydroxyl groups is 1. The predicted octanol–water partition coefficient (Wildman–Crippen LogP) is 3.71. The molecule has 2 aromatic rings. The highest BCUT2D eigenvalue weighted by molar-refractivity contribution is 5.92. The van der Waals surface area contributed by atoms with Gasteiger partial charge in [-0.1, -0.05) is 43.2 Å². The van der Waals surface area contributed by atoms with Gasteiger partial charge in [-0.2, -0.15) is 0 Å². The van der Waals surface area contributed by atoms with Crippen molar-refractivity contribution >= 4 is 5.91 Å². The van der Waals surface area contributed by atoms with Crippen LogP contribution in [0.2, 0.25) is 0 Å². The third-order valence-corrected chi connectivity index (χ3v) is 6.86. The first-order valence-corrected chi connectivity index (χ1v) is 11.1. The lowest BCUT2D eigenvalue weighted by molar-refractivity contribution is -0.121. The van der Waals surface area contributed by atoms with Gasteiger partial charge in [0.2, 0.25) is 5.91 Å². The highest BCUT2D eigenvalue weighted by Gasteiger charge is 2.48. The molecule has 2 aliphatic rings. The van der Waals surface area contributed by atoms with Crippen LogP contribution in [-0.4, -0.2) is 41.7 Å². The van der Waals surface area contributed by atoms with Gasteiger partial charge in [-0.15, -0.1) is 0 Å². The molecule has 0 bridgehead atoms. The zero-order valence-corrected chi connectivity index (χ0v) is 17.5. The molecular weight excluding hydrogens is 376 g/mol. The summed E-state index contributed by atoms with van der Waals surface area (Å²) in [7, 11) is 0. The van der Waals surface area contributed by atoms with Gasteiger partial charge >= 0.3 is 0 Å². The third-order valence-electron chi connectivity index (χ3n) is 6.86. The highest BCUT2D eigenvalue weighted by Crippen LogP contribution is 2.46. The van der Waals surface area contributed by atoms with Crippen molar-refractivity contribution in [2.75, 3.05) is 19.7 Å². The minimum absolute atomic E-state index is 0.296. The normalized spacial score (nSPS) is 26.7. The number of hydrogen-bond donors (Lipinski definition) is 2. The number of piperidine rings is 1. The Kier molecular flexibility index (Phi) is 6.40. The van der Waals surface area contributed by atoms with Gasteiger partial charge in [-0.25, -0.2) is 0 Å². The minimum atomic E-state index is -0.707. The van der Waals surface area contributed by atoms with Crippen molar-refractivity contribution in [3.63, 3.8) is 0 Å². The molecule has 3 N–H and O–H groups in total. The van der Waals surface area contributed by atoms with Gasteiger partial charge in [0.25, 0.3) is 0 Å². The van der Waals surface area contributed by atoms with Gasteiger partial charge in [0, 0.05) is 30.6 Å². The van der Waals surface area contributed by atoms with Crippen molar-refractivity contribution in [3.05, 3.63) is 65.7 Å². The maximum absolute atomic E-state index is 11.7. The molecule has 3 atom stereocenters. The molecule has 0 spiro atoms. The number of carbonyl (C=O) groups excluding carboxylic acids is 1. The summed E-state index contributed by atoms with van der Waals surface area (Å²) < 4.78 is 5.85. The standard InChI is InChI=1S/C25H32N2O3/c26-24(28)19-11-13-21(14-12-19)30-18-6-16-27-17-15-25(29,20-7-2-1-3-8-20)22-9-4-5-10-23(22)27/h1-3,7-8,11-14,22-23,29H,4-6,9-10,15-18H2,(H2,26,28)/t22-,23+,25+/m0/s1. The summed E-state index contributed by atoms with van der Waals surface area (Å²) in [6.07, 6.45) is 6.42. The van der Waals surface area contributed by atoms with E-state index < -0.39 is 11.5 Å². The summed E-state index contributed by atoms with van der Waals surface area (Å²) in [5.41, 5.74) is 6.13. The second kappa shape index (κ2) is 9.19. The zero-order chi connectivity index (χ0) is 21.0. The molecule has 0 unspecified atom stereocenters. The van der Waals surface area contributed by atoms with Crippen molar-refractivity contribution in [1.29, 1.82) is 0 Å². The fraction of sp³-hybridized carbons (Fsp3) is 0.480. The smallest absolute Gasteiger partial charge is 0.248 e. The van der Waals surface area contributed by atoms with Crippen molar-refractivity contribution in [1.82, 2.24) is 4.90 Å². The number of amides is 1. The summed E-state index contributed by atoms with van der Waals surface area (Å²) in [5, 5.41) is 11.7. The van der Waals surface area contributed by atoms with Crippen molar-refractivity contribution in [2.24, 2.45) is 11.7 Å². The molecule has 0 aromatic heterocycles. The van der Waals surface area contributed by atoms with E-state index in [1.165, 1.54) is 12.8 Å². The average Bonchev–Trinajstić information content (AvgIpc) is 2.79. The van der Waals surface area contributed by atoms with Crippen LogP contribution in [-0.2, 0) is 5.60 Å². The molecule has 0 radical (unpaired) electrons. The number of fused-ring (bicyclic) bond motifs is 1. The second-order valence-corrected chi connectivity index (χ2v) is 8.63. The lowest BCUT2D eigenvalue weighted by Gasteiger charge is -2.52. The minimum Gasteiger partial charge on any atom is -0.494 e. The Bertz CT molecular complexity index is 839. The summed E-state index contributed by atoms with van der Waals surface area (Å²) in [6.45, 7) is 2.53. The number of benzene rings is 2. The quantitative estimate of drug-likeness (QED) is 0.685. The number of nitrogens with two attached hydrogens (primary N) is 1. The fourth-order valence-electron chi connectivity index (χ4n) is 5.31. The Morgan fingerprint density at radius 1 is 1.10 bits per heavy atom. The van der Waals surface area contributed by atoms with E-state index in [4.69, 9.17) is 10.5 Å². The number of rotatable bonds is 7. The van der Waals surface area contributed by atoms with E-state index in [0.29, 0.717) is 24.1 Å². The first kappa shape index (κ1) is 20.9. The van der Waals surface area contributed by atoms with Crippen LogP contribution < -0.4 is 10.5 Å². The number of ether oxygens (including phenoxy) is 1. The van der Waals surface area contributed by atoms with Gasteiger partial charge in [-0.3, -0.25) is 9.69 Å². The van der Waals surface area contributed by atoms with Crippen molar-refractivity contribution in [2.45, 2.75) is 50.2 Å². The van der Waals surface area contributed by atoms with Crippen LogP contribution in [0.5, 0.6) is 5.75 Å². The maximum Gasteiger partial charge on any atom is 0.248 e. The van der Waals surface area contributed by atoms with E-state index in [2.05, 4.69) is 17.0 Å². The average molecular weight is 409 g/mol. The molecule has 4 rings (SSSR count). The fourth-order valence-corrected chi connectivity index (χ4v) is 5.31. The molecule has 1 saturated carbocycles. The summed E-state index contributed by atoms with van der Waals surface area (Å²) >= 11 is 0. The zero-order valence-electron chi connectivity index (χ0n) is 17.5. The molecule has 5 nitrogen and oxygen atoms in total. The maximum atomic E-state index is 11.7. The van der Waals surface area contributed by atoms with E-state index in [0.717, 1.165) is 50.1 Å². The second-order valence-electron chi connectivity index (χ2n) is 8.63. The highest BCUT2D eigenvalue weighted by atomic mass is 16.5. The van der Waals surface area contributed by atoms with Crippen LogP contribution in [0.3, 0.4) is 0 Å².